The summed E-state index contributed by atoms with van der Waals surface area (Å²) in [5.74, 6) is 0. The lowest BCUT2D eigenvalue weighted by molar-refractivity contribution is 0.208. The van der Waals surface area contributed by atoms with Gasteiger partial charge in [-0.15, -0.1) is 0 Å². The molecule has 2 nitrogen and oxygen atoms in total. The Morgan fingerprint density at radius 2 is 1.93 bits per heavy atom. The molecule has 0 fully saturated rings. The zero-order chi connectivity index (χ0) is 10.6. The summed E-state index contributed by atoms with van der Waals surface area (Å²) in [6.45, 7) is 1.88. The summed E-state index contributed by atoms with van der Waals surface area (Å²) in [4.78, 5) is 1.87. The Hall–Kier alpha value is -1.09. The highest BCUT2D eigenvalue weighted by Crippen LogP contribution is 2.16. The van der Waals surface area contributed by atoms with Crippen LogP contribution in [-0.4, -0.2) is 25.8 Å². The molecular formula is C11H17FN2. The summed E-state index contributed by atoms with van der Waals surface area (Å²) in [6, 6.07) is 9.71. The average Bonchev–Trinajstić information content (AvgIpc) is 2.19. The zero-order valence-electron chi connectivity index (χ0n) is 8.70. The molecule has 0 aliphatic rings. The zero-order valence-corrected chi connectivity index (χ0v) is 8.70. The highest BCUT2D eigenvalue weighted by molar-refractivity contribution is 5.45. The number of nitrogens with two attached hydrogens (primary N) is 1. The molecule has 0 heterocycles. The number of hydrogen-bond acceptors (Lipinski definition) is 2. The third-order valence-electron chi connectivity index (χ3n) is 2.19. The summed E-state index contributed by atoms with van der Waals surface area (Å²) >= 11 is 0. The second-order valence-corrected chi connectivity index (χ2v) is 3.81. The van der Waals surface area contributed by atoms with Gasteiger partial charge in [-0.3, -0.25) is 0 Å². The maximum atomic E-state index is 13.6. The van der Waals surface area contributed by atoms with Gasteiger partial charge in [0.15, 0.2) is 0 Å². The first kappa shape index (κ1) is 11.0. The molecule has 0 aliphatic heterocycles. The van der Waals surface area contributed by atoms with Crippen LogP contribution in [-0.2, 0) is 0 Å². The summed E-state index contributed by atoms with van der Waals surface area (Å²) < 4.78 is 13.6. The molecule has 2 N–H and O–H groups in total. The molecule has 1 aromatic rings. The maximum Gasteiger partial charge on any atom is 0.137 e. The van der Waals surface area contributed by atoms with E-state index in [4.69, 9.17) is 5.73 Å². The fraction of sp³-hybridized carbons (Fsp3) is 0.455. The molecule has 14 heavy (non-hydrogen) atoms. The molecule has 0 aromatic heterocycles. The minimum atomic E-state index is -1.33. The number of hydrogen-bond donors (Lipinski definition) is 1. The van der Waals surface area contributed by atoms with Crippen molar-refractivity contribution in [3.8, 4) is 0 Å². The van der Waals surface area contributed by atoms with Gasteiger partial charge in [0.2, 0.25) is 0 Å². The summed E-state index contributed by atoms with van der Waals surface area (Å²) in [6.07, 6.45) is 0. The molecule has 0 bridgehead atoms. The molecule has 0 spiro atoms. The molecule has 0 saturated heterocycles. The molecule has 0 radical (unpaired) electrons. The SMILES string of the molecule is CN(CC(C)(F)CN)c1ccccc1. The van der Waals surface area contributed by atoms with Crippen LogP contribution in [0.25, 0.3) is 0 Å². The van der Waals surface area contributed by atoms with Crippen molar-refractivity contribution in [3.05, 3.63) is 30.3 Å². The number of nitrogens with zero attached hydrogens (tertiary/aromatic N) is 1. The van der Waals surface area contributed by atoms with Gasteiger partial charge < -0.3 is 10.6 Å². The van der Waals surface area contributed by atoms with E-state index in [1.165, 1.54) is 6.92 Å². The molecule has 0 saturated carbocycles. The lowest BCUT2D eigenvalue weighted by Crippen LogP contribution is -2.41. The number of rotatable bonds is 4. The molecule has 0 aliphatic carbocycles. The van der Waals surface area contributed by atoms with Crippen LogP contribution in [0.2, 0.25) is 0 Å². The van der Waals surface area contributed by atoms with Gasteiger partial charge in [0, 0.05) is 19.3 Å². The highest BCUT2D eigenvalue weighted by Gasteiger charge is 2.23. The van der Waals surface area contributed by atoms with Gasteiger partial charge in [-0.25, -0.2) is 4.39 Å². The van der Waals surface area contributed by atoms with E-state index in [-0.39, 0.29) is 6.54 Å². The van der Waals surface area contributed by atoms with Gasteiger partial charge in [-0.1, -0.05) is 18.2 Å². The largest absolute Gasteiger partial charge is 0.371 e. The van der Waals surface area contributed by atoms with Crippen LogP contribution in [0.4, 0.5) is 10.1 Å². The second kappa shape index (κ2) is 4.42. The normalized spacial score (nSPS) is 14.9. The van der Waals surface area contributed by atoms with E-state index in [1.807, 2.05) is 42.3 Å². The van der Waals surface area contributed by atoms with Gasteiger partial charge >= 0.3 is 0 Å². The van der Waals surface area contributed by atoms with Gasteiger partial charge in [0.25, 0.3) is 0 Å². The van der Waals surface area contributed by atoms with Crippen LogP contribution >= 0.6 is 0 Å². The predicted octanol–water partition coefficient (Wildman–Crippen LogP) is 1.81. The number of halogens is 1. The molecule has 78 valence electrons. The van der Waals surface area contributed by atoms with E-state index < -0.39 is 5.67 Å². The molecule has 1 aromatic carbocycles. The van der Waals surface area contributed by atoms with Crippen LogP contribution in [0, 0.1) is 0 Å². The Kier molecular flexibility index (Phi) is 3.47. The third-order valence-corrected chi connectivity index (χ3v) is 2.19. The van der Waals surface area contributed by atoms with Crippen molar-refractivity contribution in [1.29, 1.82) is 0 Å². The highest BCUT2D eigenvalue weighted by atomic mass is 19.1. The van der Waals surface area contributed by atoms with Crippen molar-refractivity contribution in [2.24, 2.45) is 5.73 Å². The molecular weight excluding hydrogens is 179 g/mol. The Balaban J connectivity index is 2.64. The quantitative estimate of drug-likeness (QED) is 0.795. The summed E-state index contributed by atoms with van der Waals surface area (Å²) in [5, 5.41) is 0. The average molecular weight is 196 g/mol. The number of para-hydroxylation sites is 1. The standard InChI is InChI=1S/C11H17FN2/c1-11(12,8-13)9-14(2)10-6-4-3-5-7-10/h3-7H,8-9,13H2,1-2H3. The lowest BCUT2D eigenvalue weighted by Gasteiger charge is -2.27. The fourth-order valence-corrected chi connectivity index (χ4v) is 1.33. The third kappa shape index (κ3) is 3.00. The van der Waals surface area contributed by atoms with Crippen LogP contribution in [0.1, 0.15) is 6.92 Å². The van der Waals surface area contributed by atoms with E-state index >= 15 is 0 Å². The van der Waals surface area contributed by atoms with Crippen LogP contribution < -0.4 is 10.6 Å². The summed E-state index contributed by atoms with van der Waals surface area (Å²) in [5.41, 5.74) is 5.01. The topological polar surface area (TPSA) is 29.3 Å². The Morgan fingerprint density at radius 1 is 1.36 bits per heavy atom. The Bertz CT molecular complexity index is 272. The first-order valence-electron chi connectivity index (χ1n) is 4.70. The van der Waals surface area contributed by atoms with Crippen molar-refractivity contribution >= 4 is 5.69 Å². The van der Waals surface area contributed by atoms with E-state index in [0.717, 1.165) is 5.69 Å². The first-order valence-corrected chi connectivity index (χ1v) is 4.70. The first-order chi connectivity index (χ1) is 6.55. The summed E-state index contributed by atoms with van der Waals surface area (Å²) in [7, 11) is 1.86. The maximum absolute atomic E-state index is 13.6. The van der Waals surface area contributed by atoms with Gasteiger partial charge in [0.05, 0.1) is 6.54 Å². The van der Waals surface area contributed by atoms with Crippen LogP contribution in [0.15, 0.2) is 30.3 Å². The van der Waals surface area contributed by atoms with E-state index in [0.29, 0.717) is 6.54 Å². The van der Waals surface area contributed by atoms with Gasteiger partial charge in [-0.05, 0) is 19.1 Å². The van der Waals surface area contributed by atoms with E-state index in [9.17, 15) is 4.39 Å². The molecule has 1 rings (SSSR count). The monoisotopic (exact) mass is 196 g/mol. The van der Waals surface area contributed by atoms with Crippen molar-refractivity contribution in [1.82, 2.24) is 0 Å². The minimum Gasteiger partial charge on any atom is -0.371 e. The minimum absolute atomic E-state index is 0.0458. The van der Waals surface area contributed by atoms with Crippen molar-refractivity contribution in [3.63, 3.8) is 0 Å². The van der Waals surface area contributed by atoms with Crippen molar-refractivity contribution < 1.29 is 4.39 Å². The Labute approximate surface area is 84.5 Å². The van der Waals surface area contributed by atoms with Gasteiger partial charge in [-0.2, -0.15) is 0 Å². The number of benzene rings is 1. The van der Waals surface area contributed by atoms with Crippen molar-refractivity contribution in [2.75, 3.05) is 25.0 Å². The molecule has 0 amide bonds. The van der Waals surface area contributed by atoms with Gasteiger partial charge in [0.1, 0.15) is 5.67 Å². The number of alkyl halides is 1. The molecule has 3 heteroatoms. The van der Waals surface area contributed by atoms with E-state index in [2.05, 4.69) is 0 Å². The predicted molar refractivity (Wildman–Crippen MR) is 58.3 cm³/mol. The van der Waals surface area contributed by atoms with Crippen molar-refractivity contribution in [2.45, 2.75) is 12.6 Å². The fourth-order valence-electron chi connectivity index (χ4n) is 1.33. The smallest absolute Gasteiger partial charge is 0.137 e. The van der Waals surface area contributed by atoms with E-state index in [1.54, 1.807) is 0 Å². The lowest BCUT2D eigenvalue weighted by atomic mass is 10.1. The van der Waals surface area contributed by atoms with Crippen LogP contribution in [0.5, 0.6) is 0 Å². The van der Waals surface area contributed by atoms with Crippen LogP contribution in [0.3, 0.4) is 0 Å². The Morgan fingerprint density at radius 3 is 2.43 bits per heavy atom. The molecule has 1 unspecified atom stereocenters. The molecule has 1 atom stereocenters. The number of anilines is 1. The second-order valence-electron chi connectivity index (χ2n) is 3.81.